The number of amides is 2. The SMILES string of the molecule is COc1ccccc1NC(=O)Cn1c(CNC(=O)c2ccc(Cl)cc2)nc2ccccc21. The molecule has 0 saturated carbocycles. The van der Waals surface area contributed by atoms with Crippen molar-refractivity contribution in [3.8, 4) is 5.75 Å². The fourth-order valence-corrected chi connectivity index (χ4v) is 3.51. The second-order valence-corrected chi connectivity index (χ2v) is 7.48. The Morgan fingerprint density at radius 3 is 2.50 bits per heavy atom. The molecule has 0 saturated heterocycles. The molecule has 2 amide bonds. The van der Waals surface area contributed by atoms with E-state index >= 15 is 0 Å². The largest absolute Gasteiger partial charge is 0.495 e. The van der Waals surface area contributed by atoms with E-state index in [1.807, 2.05) is 36.4 Å². The van der Waals surface area contributed by atoms with E-state index in [0.717, 1.165) is 11.0 Å². The molecule has 0 radical (unpaired) electrons. The van der Waals surface area contributed by atoms with Crippen LogP contribution in [0, 0.1) is 0 Å². The number of para-hydroxylation sites is 4. The van der Waals surface area contributed by atoms with E-state index in [1.165, 1.54) is 0 Å². The van der Waals surface area contributed by atoms with Crippen molar-refractivity contribution in [2.24, 2.45) is 0 Å². The third kappa shape index (κ3) is 4.73. The molecule has 8 heteroatoms. The molecule has 2 N–H and O–H groups in total. The van der Waals surface area contributed by atoms with Crippen LogP contribution in [0.3, 0.4) is 0 Å². The topological polar surface area (TPSA) is 85.2 Å². The van der Waals surface area contributed by atoms with Crippen LogP contribution in [0.4, 0.5) is 5.69 Å². The average Bonchev–Trinajstić information content (AvgIpc) is 3.15. The van der Waals surface area contributed by atoms with Gasteiger partial charge in [0.2, 0.25) is 5.91 Å². The van der Waals surface area contributed by atoms with Gasteiger partial charge in [-0.25, -0.2) is 4.98 Å². The number of anilines is 1. The van der Waals surface area contributed by atoms with Crippen molar-refractivity contribution in [1.82, 2.24) is 14.9 Å². The number of rotatable bonds is 7. The summed E-state index contributed by atoms with van der Waals surface area (Å²) in [4.78, 5) is 29.9. The van der Waals surface area contributed by atoms with Gasteiger partial charge >= 0.3 is 0 Å². The monoisotopic (exact) mass is 448 g/mol. The number of methoxy groups -OCH3 is 1. The Balaban J connectivity index is 1.54. The van der Waals surface area contributed by atoms with E-state index in [-0.39, 0.29) is 24.9 Å². The number of benzene rings is 3. The minimum Gasteiger partial charge on any atom is -0.495 e. The fourth-order valence-electron chi connectivity index (χ4n) is 3.38. The number of nitrogens with one attached hydrogen (secondary N) is 2. The van der Waals surface area contributed by atoms with Crippen LogP contribution in [-0.2, 0) is 17.9 Å². The molecule has 4 aromatic rings. The van der Waals surface area contributed by atoms with Crippen molar-refractivity contribution in [1.29, 1.82) is 0 Å². The summed E-state index contributed by atoms with van der Waals surface area (Å²) in [7, 11) is 1.55. The average molecular weight is 449 g/mol. The lowest BCUT2D eigenvalue weighted by molar-refractivity contribution is -0.116. The maximum atomic E-state index is 12.8. The maximum absolute atomic E-state index is 12.8. The molecule has 0 aliphatic carbocycles. The number of hydrogen-bond acceptors (Lipinski definition) is 4. The van der Waals surface area contributed by atoms with E-state index in [1.54, 1.807) is 48.1 Å². The molecule has 162 valence electrons. The minimum absolute atomic E-state index is 0.0325. The molecule has 1 heterocycles. The first-order valence-corrected chi connectivity index (χ1v) is 10.3. The first-order chi connectivity index (χ1) is 15.5. The molecule has 3 aromatic carbocycles. The predicted molar refractivity (Wildman–Crippen MR) is 124 cm³/mol. The molecular weight excluding hydrogens is 428 g/mol. The van der Waals surface area contributed by atoms with E-state index in [4.69, 9.17) is 16.3 Å². The highest BCUT2D eigenvalue weighted by atomic mass is 35.5. The van der Waals surface area contributed by atoms with Crippen molar-refractivity contribution in [2.45, 2.75) is 13.1 Å². The summed E-state index contributed by atoms with van der Waals surface area (Å²) in [6, 6.07) is 21.4. The van der Waals surface area contributed by atoms with Crippen molar-refractivity contribution >= 4 is 40.1 Å². The van der Waals surface area contributed by atoms with Crippen molar-refractivity contribution in [3.63, 3.8) is 0 Å². The Labute approximate surface area is 190 Å². The van der Waals surface area contributed by atoms with Crippen molar-refractivity contribution in [2.75, 3.05) is 12.4 Å². The molecule has 0 unspecified atom stereocenters. The lowest BCUT2D eigenvalue weighted by Gasteiger charge is -2.12. The molecule has 0 fully saturated rings. The van der Waals surface area contributed by atoms with Crippen LogP contribution in [-0.4, -0.2) is 28.5 Å². The van der Waals surface area contributed by atoms with Crippen molar-refractivity contribution in [3.05, 3.63) is 89.2 Å². The Kier molecular flexibility index (Phi) is 6.37. The molecule has 0 bridgehead atoms. The third-order valence-electron chi connectivity index (χ3n) is 4.93. The van der Waals surface area contributed by atoms with Gasteiger partial charge in [0.05, 0.1) is 30.4 Å². The zero-order valence-electron chi connectivity index (χ0n) is 17.3. The van der Waals surface area contributed by atoms with Crippen LogP contribution < -0.4 is 15.4 Å². The number of carbonyl (C=O) groups excluding carboxylic acids is 2. The molecule has 1 aromatic heterocycles. The lowest BCUT2D eigenvalue weighted by Crippen LogP contribution is -2.26. The highest BCUT2D eigenvalue weighted by molar-refractivity contribution is 6.30. The van der Waals surface area contributed by atoms with Crippen LogP contribution in [0.1, 0.15) is 16.2 Å². The molecule has 0 aliphatic heterocycles. The second kappa shape index (κ2) is 9.53. The second-order valence-electron chi connectivity index (χ2n) is 7.04. The normalized spacial score (nSPS) is 10.7. The van der Waals surface area contributed by atoms with E-state index in [9.17, 15) is 9.59 Å². The Morgan fingerprint density at radius 1 is 1.00 bits per heavy atom. The standard InChI is InChI=1S/C24H21ClN4O3/c1-32-21-9-5-3-7-19(21)28-23(30)15-29-20-8-4-2-6-18(20)27-22(29)14-26-24(31)16-10-12-17(25)13-11-16/h2-13H,14-15H2,1H3,(H,26,31)(H,28,30). The molecular formula is C24H21ClN4O3. The molecule has 4 rings (SSSR count). The summed E-state index contributed by atoms with van der Waals surface area (Å²) in [6.07, 6.45) is 0. The van der Waals surface area contributed by atoms with Gasteiger partial charge in [-0.2, -0.15) is 0 Å². The molecule has 32 heavy (non-hydrogen) atoms. The highest BCUT2D eigenvalue weighted by Gasteiger charge is 2.16. The van der Waals surface area contributed by atoms with Gasteiger partial charge in [0.25, 0.3) is 5.91 Å². The molecule has 7 nitrogen and oxygen atoms in total. The quantitative estimate of drug-likeness (QED) is 0.442. The number of nitrogens with zero attached hydrogens (tertiary/aromatic N) is 2. The predicted octanol–water partition coefficient (Wildman–Crippen LogP) is 4.27. The minimum atomic E-state index is -0.251. The first kappa shape index (κ1) is 21.4. The number of carbonyl (C=O) groups is 2. The molecule has 0 atom stereocenters. The lowest BCUT2D eigenvalue weighted by atomic mass is 10.2. The third-order valence-corrected chi connectivity index (χ3v) is 5.18. The summed E-state index contributed by atoms with van der Waals surface area (Å²) >= 11 is 5.89. The highest BCUT2D eigenvalue weighted by Crippen LogP contribution is 2.23. The summed E-state index contributed by atoms with van der Waals surface area (Å²) < 4.78 is 7.09. The zero-order chi connectivity index (χ0) is 22.5. The van der Waals surface area contributed by atoms with Gasteiger partial charge in [-0.15, -0.1) is 0 Å². The van der Waals surface area contributed by atoms with Gasteiger partial charge in [0.1, 0.15) is 18.1 Å². The van der Waals surface area contributed by atoms with Crippen LogP contribution in [0.15, 0.2) is 72.8 Å². The van der Waals surface area contributed by atoms with E-state index in [2.05, 4.69) is 15.6 Å². The molecule has 0 spiro atoms. The van der Waals surface area contributed by atoms with Gasteiger partial charge in [0, 0.05) is 10.6 Å². The summed E-state index contributed by atoms with van der Waals surface area (Å²) in [5, 5.41) is 6.30. The smallest absolute Gasteiger partial charge is 0.251 e. The number of fused-ring (bicyclic) bond motifs is 1. The van der Waals surface area contributed by atoms with Crippen LogP contribution in [0.2, 0.25) is 5.02 Å². The Hall–Kier alpha value is -3.84. The van der Waals surface area contributed by atoms with Crippen LogP contribution >= 0.6 is 11.6 Å². The van der Waals surface area contributed by atoms with E-state index in [0.29, 0.717) is 27.8 Å². The molecule has 0 aliphatic rings. The fraction of sp³-hybridized carbons (Fsp3) is 0.125. The first-order valence-electron chi connectivity index (χ1n) is 9.96. The number of hydrogen-bond donors (Lipinski definition) is 2. The number of halogens is 1. The Bertz CT molecular complexity index is 1270. The van der Waals surface area contributed by atoms with Gasteiger partial charge in [0.15, 0.2) is 0 Å². The van der Waals surface area contributed by atoms with Gasteiger partial charge in [-0.05, 0) is 48.5 Å². The number of ether oxygens (including phenoxy) is 1. The number of imidazole rings is 1. The summed E-state index contributed by atoms with van der Waals surface area (Å²) in [6.45, 7) is 0.197. The number of aromatic nitrogens is 2. The van der Waals surface area contributed by atoms with E-state index < -0.39 is 0 Å². The Morgan fingerprint density at radius 2 is 1.72 bits per heavy atom. The van der Waals surface area contributed by atoms with Crippen LogP contribution in [0.5, 0.6) is 5.75 Å². The van der Waals surface area contributed by atoms with Crippen molar-refractivity contribution < 1.29 is 14.3 Å². The summed E-state index contributed by atoms with van der Waals surface area (Å²) in [5.41, 5.74) is 2.62. The van der Waals surface area contributed by atoms with Crippen LogP contribution in [0.25, 0.3) is 11.0 Å². The van der Waals surface area contributed by atoms with Gasteiger partial charge in [-0.1, -0.05) is 35.9 Å². The zero-order valence-corrected chi connectivity index (χ0v) is 18.1. The van der Waals surface area contributed by atoms with Gasteiger partial charge in [-0.3, -0.25) is 9.59 Å². The maximum Gasteiger partial charge on any atom is 0.251 e. The summed E-state index contributed by atoms with van der Waals surface area (Å²) in [5.74, 6) is 0.664. The van der Waals surface area contributed by atoms with Gasteiger partial charge < -0.3 is 19.9 Å².